The summed E-state index contributed by atoms with van der Waals surface area (Å²) in [7, 11) is -1.55. The van der Waals surface area contributed by atoms with E-state index in [4.69, 9.17) is 0 Å². The van der Waals surface area contributed by atoms with Crippen molar-refractivity contribution in [1.29, 1.82) is 0 Å². The van der Waals surface area contributed by atoms with E-state index in [1.807, 2.05) is 55.6 Å². The van der Waals surface area contributed by atoms with Crippen LogP contribution in [0.15, 0.2) is 60.8 Å². The van der Waals surface area contributed by atoms with Crippen LogP contribution in [0.3, 0.4) is 0 Å². The van der Waals surface area contributed by atoms with Crippen LogP contribution in [0.1, 0.15) is 5.56 Å². The Labute approximate surface area is 144 Å². The molecule has 2 aromatic carbocycles. The molecule has 0 fully saturated rings. The van der Waals surface area contributed by atoms with E-state index in [1.165, 1.54) is 5.19 Å². The first-order chi connectivity index (χ1) is 11.4. The van der Waals surface area contributed by atoms with E-state index in [0.29, 0.717) is 5.56 Å². The van der Waals surface area contributed by atoms with Gasteiger partial charge in [0.15, 0.2) is 0 Å². The van der Waals surface area contributed by atoms with Crippen LogP contribution in [0.2, 0.25) is 19.6 Å². The fourth-order valence-electron chi connectivity index (χ4n) is 2.99. The predicted octanol–water partition coefficient (Wildman–Crippen LogP) is 5.41. The highest BCUT2D eigenvalue weighted by atomic mass is 28.3. The summed E-state index contributed by atoms with van der Waals surface area (Å²) in [6.07, 6.45) is 1.82. The van der Waals surface area contributed by atoms with Gasteiger partial charge in [0.1, 0.15) is 5.82 Å². The summed E-state index contributed by atoms with van der Waals surface area (Å²) >= 11 is 0. The van der Waals surface area contributed by atoms with Gasteiger partial charge in [-0.05, 0) is 41.4 Å². The Kier molecular flexibility index (Phi) is 4.37. The smallest absolute Gasteiger partial charge is 0.131 e. The lowest BCUT2D eigenvalue weighted by molar-refractivity contribution is 0.630. The van der Waals surface area contributed by atoms with Crippen molar-refractivity contribution in [3.05, 3.63) is 72.2 Å². The SMILES string of the molecule is Cc1cc(F)c(-c2ccccc2)cc1-c1ncccc1[Si](C)(C)C. The largest absolute Gasteiger partial charge is 0.256 e. The van der Waals surface area contributed by atoms with Crippen LogP contribution < -0.4 is 5.19 Å². The number of benzene rings is 2. The molecule has 0 bridgehead atoms. The van der Waals surface area contributed by atoms with Gasteiger partial charge in [0.25, 0.3) is 0 Å². The van der Waals surface area contributed by atoms with Crippen molar-refractivity contribution in [2.24, 2.45) is 0 Å². The van der Waals surface area contributed by atoms with E-state index < -0.39 is 8.07 Å². The Morgan fingerprint density at radius 3 is 2.25 bits per heavy atom. The van der Waals surface area contributed by atoms with Crippen molar-refractivity contribution in [1.82, 2.24) is 4.98 Å². The van der Waals surface area contributed by atoms with Crippen LogP contribution in [0.4, 0.5) is 4.39 Å². The van der Waals surface area contributed by atoms with E-state index >= 15 is 0 Å². The molecule has 1 nitrogen and oxygen atoms in total. The highest BCUT2D eigenvalue weighted by molar-refractivity contribution is 6.89. The van der Waals surface area contributed by atoms with Gasteiger partial charge < -0.3 is 0 Å². The molecule has 0 atom stereocenters. The maximum Gasteiger partial charge on any atom is 0.131 e. The average Bonchev–Trinajstić information content (AvgIpc) is 2.55. The van der Waals surface area contributed by atoms with Crippen molar-refractivity contribution in [2.45, 2.75) is 26.6 Å². The van der Waals surface area contributed by atoms with Gasteiger partial charge in [0, 0.05) is 17.3 Å². The molecule has 0 N–H and O–H groups in total. The molecule has 0 aliphatic rings. The zero-order valence-corrected chi connectivity index (χ0v) is 15.6. The number of hydrogen-bond donors (Lipinski definition) is 0. The Hall–Kier alpha value is -2.26. The summed E-state index contributed by atoms with van der Waals surface area (Å²) in [5.74, 6) is -0.187. The number of aryl methyl sites for hydroxylation is 1. The summed E-state index contributed by atoms with van der Waals surface area (Å²) in [5.41, 5.74) is 4.45. The van der Waals surface area contributed by atoms with Crippen molar-refractivity contribution in [3.8, 4) is 22.4 Å². The minimum Gasteiger partial charge on any atom is -0.256 e. The fraction of sp³-hybridized carbons (Fsp3) is 0.190. The molecule has 1 heterocycles. The van der Waals surface area contributed by atoms with Crippen LogP contribution >= 0.6 is 0 Å². The van der Waals surface area contributed by atoms with Crippen LogP contribution in [-0.2, 0) is 0 Å². The summed E-state index contributed by atoms with van der Waals surface area (Å²) in [5, 5.41) is 1.30. The van der Waals surface area contributed by atoms with Gasteiger partial charge in [-0.15, -0.1) is 0 Å². The summed E-state index contributed by atoms with van der Waals surface area (Å²) in [6, 6.07) is 17.4. The Morgan fingerprint density at radius 1 is 0.875 bits per heavy atom. The second-order valence-corrected chi connectivity index (χ2v) is 12.2. The van der Waals surface area contributed by atoms with Gasteiger partial charge in [-0.25, -0.2) is 4.39 Å². The molecule has 0 spiro atoms. The van der Waals surface area contributed by atoms with E-state index in [1.54, 1.807) is 6.07 Å². The number of nitrogens with zero attached hydrogens (tertiary/aromatic N) is 1. The highest BCUT2D eigenvalue weighted by Crippen LogP contribution is 2.31. The van der Waals surface area contributed by atoms with Crippen molar-refractivity contribution < 1.29 is 4.39 Å². The average molecular weight is 335 g/mol. The number of rotatable bonds is 3. The van der Waals surface area contributed by atoms with E-state index in [2.05, 4.69) is 30.7 Å². The van der Waals surface area contributed by atoms with E-state index in [0.717, 1.165) is 22.4 Å². The molecule has 3 aromatic rings. The third kappa shape index (κ3) is 3.17. The normalized spacial score (nSPS) is 11.5. The van der Waals surface area contributed by atoms with Crippen LogP contribution in [-0.4, -0.2) is 13.1 Å². The van der Waals surface area contributed by atoms with E-state index in [9.17, 15) is 4.39 Å². The molecule has 3 rings (SSSR count). The number of halogens is 1. The molecule has 0 amide bonds. The van der Waals surface area contributed by atoms with Gasteiger partial charge in [-0.1, -0.05) is 56.0 Å². The lowest BCUT2D eigenvalue weighted by Gasteiger charge is -2.21. The third-order valence-corrected chi connectivity index (χ3v) is 6.29. The van der Waals surface area contributed by atoms with Crippen LogP contribution in [0.5, 0.6) is 0 Å². The zero-order valence-electron chi connectivity index (χ0n) is 14.6. The first kappa shape index (κ1) is 16.6. The monoisotopic (exact) mass is 335 g/mol. The maximum absolute atomic E-state index is 14.6. The molecule has 24 heavy (non-hydrogen) atoms. The Bertz CT molecular complexity index is 867. The molecular formula is C21H22FNSi. The Morgan fingerprint density at radius 2 is 1.58 bits per heavy atom. The highest BCUT2D eigenvalue weighted by Gasteiger charge is 2.23. The van der Waals surface area contributed by atoms with Gasteiger partial charge in [-0.3, -0.25) is 4.98 Å². The number of hydrogen-bond acceptors (Lipinski definition) is 1. The molecule has 122 valence electrons. The topological polar surface area (TPSA) is 12.9 Å². The van der Waals surface area contributed by atoms with E-state index in [-0.39, 0.29) is 5.82 Å². The van der Waals surface area contributed by atoms with Crippen molar-refractivity contribution in [3.63, 3.8) is 0 Å². The molecule has 0 saturated carbocycles. The van der Waals surface area contributed by atoms with Gasteiger partial charge in [-0.2, -0.15) is 0 Å². The molecule has 0 aliphatic carbocycles. The first-order valence-corrected chi connectivity index (χ1v) is 11.7. The number of pyridine rings is 1. The zero-order chi connectivity index (χ0) is 17.3. The van der Waals surface area contributed by atoms with Crippen molar-refractivity contribution in [2.75, 3.05) is 0 Å². The second-order valence-electron chi connectivity index (χ2n) is 7.16. The minimum absolute atomic E-state index is 0.187. The molecule has 0 radical (unpaired) electrons. The summed E-state index contributed by atoms with van der Waals surface area (Å²) < 4.78 is 14.6. The maximum atomic E-state index is 14.6. The fourth-order valence-corrected chi connectivity index (χ4v) is 4.50. The van der Waals surface area contributed by atoms with Gasteiger partial charge in [0.2, 0.25) is 0 Å². The standard InChI is InChI=1S/C21H22FNSi/c1-15-13-19(22)18(16-9-6-5-7-10-16)14-17(15)21-20(24(2,3)4)11-8-12-23-21/h5-14H,1-4H3. The van der Waals surface area contributed by atoms with Gasteiger partial charge >= 0.3 is 0 Å². The summed E-state index contributed by atoms with van der Waals surface area (Å²) in [4.78, 5) is 4.65. The lowest BCUT2D eigenvalue weighted by atomic mass is 9.97. The third-order valence-electron chi connectivity index (χ3n) is 4.27. The Balaban J connectivity index is 2.24. The molecule has 0 unspecified atom stereocenters. The second kappa shape index (κ2) is 6.33. The molecular weight excluding hydrogens is 313 g/mol. The predicted molar refractivity (Wildman–Crippen MR) is 103 cm³/mol. The lowest BCUT2D eigenvalue weighted by Crippen LogP contribution is -2.39. The molecule has 3 heteroatoms. The van der Waals surface area contributed by atoms with Crippen LogP contribution in [0, 0.1) is 12.7 Å². The number of aromatic nitrogens is 1. The quantitative estimate of drug-likeness (QED) is 0.583. The molecule has 0 saturated heterocycles. The molecule has 0 aliphatic heterocycles. The van der Waals surface area contributed by atoms with Crippen molar-refractivity contribution >= 4 is 13.3 Å². The van der Waals surface area contributed by atoms with Crippen LogP contribution in [0.25, 0.3) is 22.4 Å². The first-order valence-electron chi connectivity index (χ1n) is 8.19. The molecule has 1 aromatic heterocycles. The summed E-state index contributed by atoms with van der Waals surface area (Å²) in [6.45, 7) is 8.88. The van der Waals surface area contributed by atoms with Gasteiger partial charge in [0.05, 0.1) is 13.8 Å². The minimum atomic E-state index is -1.55.